The first-order valence-electron chi connectivity index (χ1n) is 4.99. The number of fused-ring (bicyclic) bond motifs is 2. The van der Waals surface area contributed by atoms with Gasteiger partial charge in [0.15, 0.2) is 0 Å². The molecule has 0 N–H and O–H groups in total. The van der Waals surface area contributed by atoms with Gasteiger partial charge >= 0.3 is 0 Å². The van der Waals surface area contributed by atoms with E-state index in [0.29, 0.717) is 0 Å². The van der Waals surface area contributed by atoms with Crippen molar-refractivity contribution in [2.45, 2.75) is 26.5 Å². The molecule has 0 aromatic heterocycles. The fraction of sp³-hybridized carbons (Fsp3) is 0.0769. The Balaban J connectivity index is 2.16. The van der Waals surface area contributed by atoms with Gasteiger partial charge in [-0.05, 0) is 36.8 Å². The maximum Gasteiger partial charge on any atom is 0.127 e. The monoisotopic (exact) mass is 248 g/mol. The summed E-state index contributed by atoms with van der Waals surface area (Å²) in [4.78, 5) is 4.69. The Labute approximate surface area is 102 Å². The predicted octanol–water partition coefficient (Wildman–Crippen LogP) is 4.75. The topological polar surface area (TPSA) is 0 Å². The van der Waals surface area contributed by atoms with Gasteiger partial charge < -0.3 is 0 Å². The number of hydrogen-bond donors (Lipinski definition) is 0. The van der Waals surface area contributed by atoms with Gasteiger partial charge in [-0.15, -0.1) is 0 Å². The zero-order valence-electron chi connectivity index (χ0n) is 8.66. The Hall–Kier alpha value is -0.930. The van der Waals surface area contributed by atoms with Crippen LogP contribution in [0.15, 0.2) is 56.0 Å². The molecular formula is C13H9FS2. The van der Waals surface area contributed by atoms with E-state index >= 15 is 0 Å². The van der Waals surface area contributed by atoms with Gasteiger partial charge in [0, 0.05) is 19.6 Å². The summed E-state index contributed by atoms with van der Waals surface area (Å²) in [5.41, 5.74) is 0.754. The number of benzene rings is 2. The van der Waals surface area contributed by atoms with Gasteiger partial charge in [-0.3, -0.25) is 0 Å². The molecule has 0 saturated heterocycles. The van der Waals surface area contributed by atoms with Crippen molar-refractivity contribution in [3.05, 3.63) is 47.8 Å². The van der Waals surface area contributed by atoms with Gasteiger partial charge in [0.25, 0.3) is 0 Å². The largest absolute Gasteiger partial charge is 0.207 e. The summed E-state index contributed by atoms with van der Waals surface area (Å²) in [6, 6.07) is 11.7. The van der Waals surface area contributed by atoms with Crippen molar-refractivity contribution < 1.29 is 4.39 Å². The van der Waals surface area contributed by atoms with E-state index in [1.165, 1.54) is 9.79 Å². The summed E-state index contributed by atoms with van der Waals surface area (Å²) in [5, 5.41) is 0. The van der Waals surface area contributed by atoms with Gasteiger partial charge in [-0.1, -0.05) is 35.7 Å². The Bertz CT molecular complexity index is 564. The highest BCUT2D eigenvalue weighted by atomic mass is 32.2. The highest BCUT2D eigenvalue weighted by molar-refractivity contribution is 8.05. The average molecular weight is 248 g/mol. The molecule has 2 aromatic rings. The van der Waals surface area contributed by atoms with Crippen LogP contribution < -0.4 is 0 Å². The predicted molar refractivity (Wildman–Crippen MR) is 65.8 cm³/mol. The van der Waals surface area contributed by atoms with Crippen molar-refractivity contribution in [1.29, 1.82) is 0 Å². The Morgan fingerprint density at radius 2 is 1.56 bits per heavy atom. The molecule has 0 aliphatic carbocycles. The highest BCUT2D eigenvalue weighted by Crippen LogP contribution is 2.49. The number of halogens is 1. The quantitative estimate of drug-likeness (QED) is 0.563. The molecule has 1 aliphatic rings. The summed E-state index contributed by atoms with van der Waals surface area (Å²) < 4.78 is 13.5. The molecule has 16 heavy (non-hydrogen) atoms. The number of hydrogen-bond acceptors (Lipinski definition) is 2. The minimum atomic E-state index is -0.119. The molecule has 80 valence electrons. The van der Waals surface area contributed by atoms with Crippen LogP contribution in [0.2, 0.25) is 0 Å². The van der Waals surface area contributed by atoms with Crippen molar-refractivity contribution in [2.24, 2.45) is 0 Å². The van der Waals surface area contributed by atoms with Gasteiger partial charge in [0.1, 0.15) is 5.82 Å². The van der Waals surface area contributed by atoms with E-state index in [2.05, 4.69) is 12.1 Å². The maximum absolute atomic E-state index is 13.5. The van der Waals surface area contributed by atoms with Crippen molar-refractivity contribution in [3.8, 4) is 0 Å². The van der Waals surface area contributed by atoms with E-state index in [1.807, 2.05) is 25.1 Å². The molecule has 0 saturated carbocycles. The van der Waals surface area contributed by atoms with E-state index in [-0.39, 0.29) is 5.82 Å². The fourth-order valence-corrected chi connectivity index (χ4v) is 4.09. The van der Waals surface area contributed by atoms with Crippen LogP contribution in [0, 0.1) is 12.7 Å². The lowest BCUT2D eigenvalue weighted by Crippen LogP contribution is -1.94. The van der Waals surface area contributed by atoms with Crippen LogP contribution in [-0.4, -0.2) is 0 Å². The molecule has 3 rings (SSSR count). The van der Waals surface area contributed by atoms with Crippen LogP contribution in [0.25, 0.3) is 0 Å². The fourth-order valence-electron chi connectivity index (χ4n) is 1.70. The molecule has 0 atom stereocenters. The molecule has 0 spiro atoms. The van der Waals surface area contributed by atoms with E-state index in [1.54, 1.807) is 29.6 Å². The van der Waals surface area contributed by atoms with Crippen molar-refractivity contribution in [3.63, 3.8) is 0 Å². The lowest BCUT2D eigenvalue weighted by atomic mass is 10.2. The van der Waals surface area contributed by atoms with Crippen LogP contribution in [0.3, 0.4) is 0 Å². The van der Waals surface area contributed by atoms with Gasteiger partial charge in [0.05, 0.1) is 0 Å². The van der Waals surface area contributed by atoms with Crippen LogP contribution in [0.1, 0.15) is 5.56 Å². The molecule has 1 aliphatic heterocycles. The van der Waals surface area contributed by atoms with Crippen molar-refractivity contribution >= 4 is 23.5 Å². The van der Waals surface area contributed by atoms with Crippen LogP contribution in [0.5, 0.6) is 0 Å². The molecule has 0 radical (unpaired) electrons. The van der Waals surface area contributed by atoms with Crippen molar-refractivity contribution in [2.75, 3.05) is 0 Å². The Morgan fingerprint density at radius 1 is 0.875 bits per heavy atom. The lowest BCUT2D eigenvalue weighted by Gasteiger charge is -2.19. The molecule has 3 heteroatoms. The molecule has 0 fully saturated rings. The van der Waals surface area contributed by atoms with E-state index in [4.69, 9.17) is 0 Å². The first-order chi connectivity index (χ1) is 7.75. The standard InChI is InChI=1S/C13H9FS2/c1-8-9(14)6-7-12-13(8)16-11-5-3-2-4-10(11)15-12/h2-7H,1H3. The second-order valence-electron chi connectivity index (χ2n) is 3.65. The molecule has 0 unspecified atom stereocenters. The zero-order chi connectivity index (χ0) is 11.1. The van der Waals surface area contributed by atoms with Crippen molar-refractivity contribution in [1.82, 2.24) is 0 Å². The Kier molecular flexibility index (Phi) is 2.45. The van der Waals surface area contributed by atoms with Crippen LogP contribution >= 0.6 is 23.5 Å². The molecule has 0 bridgehead atoms. The van der Waals surface area contributed by atoms with Gasteiger partial charge in [-0.2, -0.15) is 0 Å². The molecule has 2 aromatic carbocycles. The minimum absolute atomic E-state index is 0.119. The van der Waals surface area contributed by atoms with E-state index in [0.717, 1.165) is 15.4 Å². The molecule has 1 heterocycles. The second-order valence-corrected chi connectivity index (χ2v) is 5.79. The summed E-state index contributed by atoms with van der Waals surface area (Å²) in [5.74, 6) is -0.119. The third-order valence-electron chi connectivity index (χ3n) is 2.58. The summed E-state index contributed by atoms with van der Waals surface area (Å²) >= 11 is 3.38. The van der Waals surface area contributed by atoms with E-state index < -0.39 is 0 Å². The Morgan fingerprint density at radius 3 is 2.31 bits per heavy atom. The normalized spacial score (nSPS) is 13.1. The van der Waals surface area contributed by atoms with Crippen LogP contribution in [-0.2, 0) is 0 Å². The summed E-state index contributed by atoms with van der Waals surface area (Å²) in [7, 11) is 0. The van der Waals surface area contributed by atoms with Crippen LogP contribution in [0.4, 0.5) is 4.39 Å². The first kappa shape index (κ1) is 10.2. The first-order valence-corrected chi connectivity index (χ1v) is 6.63. The molecular weight excluding hydrogens is 239 g/mol. The maximum atomic E-state index is 13.5. The lowest BCUT2D eigenvalue weighted by molar-refractivity contribution is 0.610. The third kappa shape index (κ3) is 1.55. The smallest absolute Gasteiger partial charge is 0.127 e. The summed E-state index contributed by atoms with van der Waals surface area (Å²) in [6.07, 6.45) is 0. The highest BCUT2D eigenvalue weighted by Gasteiger charge is 2.19. The molecule has 0 nitrogen and oxygen atoms in total. The average Bonchev–Trinajstić information content (AvgIpc) is 2.32. The van der Waals surface area contributed by atoms with Gasteiger partial charge in [0.2, 0.25) is 0 Å². The summed E-state index contributed by atoms with van der Waals surface area (Å²) in [6.45, 7) is 1.84. The molecule has 0 amide bonds. The minimum Gasteiger partial charge on any atom is -0.207 e. The second kappa shape index (κ2) is 3.82. The number of rotatable bonds is 0. The third-order valence-corrected chi connectivity index (χ3v) is 5.29. The van der Waals surface area contributed by atoms with Gasteiger partial charge in [-0.25, -0.2) is 4.39 Å². The SMILES string of the molecule is Cc1c(F)ccc2c1Sc1ccccc1S2. The van der Waals surface area contributed by atoms with E-state index in [9.17, 15) is 4.39 Å². The zero-order valence-corrected chi connectivity index (χ0v) is 10.3.